The van der Waals surface area contributed by atoms with E-state index in [1.807, 2.05) is 30.3 Å². The Kier molecular flexibility index (Phi) is 4.22. The van der Waals surface area contributed by atoms with Gasteiger partial charge in [0.2, 0.25) is 0 Å². The van der Waals surface area contributed by atoms with Crippen LogP contribution in [0.25, 0.3) is 0 Å². The van der Waals surface area contributed by atoms with E-state index in [4.69, 9.17) is 16.3 Å². The Balaban J connectivity index is 1.73. The molecule has 3 nitrogen and oxygen atoms in total. The number of ether oxygens (including phenoxy) is 1. The molecule has 0 unspecified atom stereocenters. The zero-order valence-electron chi connectivity index (χ0n) is 9.27. The summed E-state index contributed by atoms with van der Waals surface area (Å²) < 4.78 is 5.50. The minimum Gasteiger partial charge on any atom is -0.490 e. The summed E-state index contributed by atoms with van der Waals surface area (Å²) in [4.78, 5) is 3.94. The third-order valence-electron chi connectivity index (χ3n) is 2.15. The van der Waals surface area contributed by atoms with Gasteiger partial charge in [-0.15, -0.1) is 0 Å². The molecule has 2 aromatic rings. The zero-order chi connectivity index (χ0) is 11.9. The first kappa shape index (κ1) is 11.7. The molecule has 0 aliphatic carbocycles. The van der Waals surface area contributed by atoms with Gasteiger partial charge in [-0.05, 0) is 12.1 Å². The molecule has 1 aromatic heterocycles. The van der Waals surface area contributed by atoms with Gasteiger partial charge in [0.05, 0.1) is 11.2 Å². The Morgan fingerprint density at radius 3 is 2.76 bits per heavy atom. The van der Waals surface area contributed by atoms with E-state index in [1.165, 1.54) is 0 Å². The van der Waals surface area contributed by atoms with E-state index in [-0.39, 0.29) is 0 Å². The van der Waals surface area contributed by atoms with Gasteiger partial charge in [-0.2, -0.15) is 0 Å². The number of aromatic nitrogens is 1. The van der Waals surface area contributed by atoms with E-state index in [2.05, 4.69) is 10.3 Å². The van der Waals surface area contributed by atoms with Gasteiger partial charge >= 0.3 is 0 Å². The van der Waals surface area contributed by atoms with Crippen LogP contribution < -0.4 is 10.1 Å². The molecule has 0 radical (unpaired) electrons. The van der Waals surface area contributed by atoms with Crippen LogP contribution in [0.15, 0.2) is 48.8 Å². The van der Waals surface area contributed by atoms with Crippen molar-refractivity contribution in [2.45, 2.75) is 0 Å². The third kappa shape index (κ3) is 3.96. The summed E-state index contributed by atoms with van der Waals surface area (Å²) in [6.07, 6.45) is 3.23. The summed E-state index contributed by atoms with van der Waals surface area (Å²) in [7, 11) is 0. The minimum absolute atomic E-state index is 0.566. The van der Waals surface area contributed by atoms with Gasteiger partial charge in [0, 0.05) is 24.5 Å². The number of para-hydroxylation sites is 1. The van der Waals surface area contributed by atoms with Crippen molar-refractivity contribution in [3.63, 3.8) is 0 Å². The van der Waals surface area contributed by atoms with Gasteiger partial charge in [0.25, 0.3) is 0 Å². The van der Waals surface area contributed by atoms with Gasteiger partial charge in [-0.3, -0.25) is 4.98 Å². The van der Waals surface area contributed by atoms with E-state index in [0.29, 0.717) is 17.4 Å². The van der Waals surface area contributed by atoms with Crippen LogP contribution in [0.1, 0.15) is 0 Å². The molecule has 0 aliphatic rings. The highest BCUT2D eigenvalue weighted by Gasteiger charge is 1.95. The first-order valence-electron chi connectivity index (χ1n) is 5.37. The first-order valence-corrected chi connectivity index (χ1v) is 5.75. The van der Waals surface area contributed by atoms with Gasteiger partial charge in [-0.25, -0.2) is 0 Å². The lowest BCUT2D eigenvalue weighted by Crippen LogP contribution is -2.11. The number of anilines is 1. The lowest BCUT2D eigenvalue weighted by molar-refractivity contribution is 0.331. The minimum atomic E-state index is 0.566. The third-order valence-corrected chi connectivity index (χ3v) is 2.36. The van der Waals surface area contributed by atoms with E-state index in [9.17, 15) is 0 Å². The fourth-order valence-corrected chi connectivity index (χ4v) is 1.56. The molecule has 0 aliphatic heterocycles. The smallest absolute Gasteiger partial charge is 0.139 e. The van der Waals surface area contributed by atoms with Crippen LogP contribution in [0.3, 0.4) is 0 Å². The molecule has 0 amide bonds. The summed E-state index contributed by atoms with van der Waals surface area (Å²) >= 11 is 5.80. The number of hydrogen-bond donors (Lipinski definition) is 1. The number of halogens is 1. The maximum atomic E-state index is 5.80. The summed E-state index contributed by atoms with van der Waals surface area (Å²) in [6, 6.07) is 11.7. The quantitative estimate of drug-likeness (QED) is 0.825. The zero-order valence-corrected chi connectivity index (χ0v) is 10.0. The SMILES string of the molecule is Clc1cncc(OCCNc2ccccc2)c1. The van der Waals surface area contributed by atoms with E-state index in [1.54, 1.807) is 18.5 Å². The van der Waals surface area contributed by atoms with Crippen molar-refractivity contribution in [1.29, 1.82) is 0 Å². The van der Waals surface area contributed by atoms with Crippen molar-refractivity contribution in [3.8, 4) is 5.75 Å². The normalized spacial score (nSPS) is 9.94. The van der Waals surface area contributed by atoms with Crippen LogP contribution in [-0.2, 0) is 0 Å². The Morgan fingerprint density at radius 1 is 1.18 bits per heavy atom. The van der Waals surface area contributed by atoms with Crippen LogP contribution in [0.4, 0.5) is 5.69 Å². The lowest BCUT2D eigenvalue weighted by Gasteiger charge is -2.08. The second-order valence-electron chi connectivity index (χ2n) is 3.48. The predicted molar refractivity (Wildman–Crippen MR) is 69.7 cm³/mol. The van der Waals surface area contributed by atoms with E-state index in [0.717, 1.165) is 12.2 Å². The molecule has 0 saturated carbocycles. The van der Waals surface area contributed by atoms with E-state index < -0.39 is 0 Å². The van der Waals surface area contributed by atoms with Gasteiger partial charge in [-0.1, -0.05) is 29.8 Å². The summed E-state index contributed by atoms with van der Waals surface area (Å²) in [6.45, 7) is 1.30. The van der Waals surface area contributed by atoms with Crippen molar-refractivity contribution in [3.05, 3.63) is 53.8 Å². The summed E-state index contributed by atoms with van der Waals surface area (Å²) in [5.41, 5.74) is 1.08. The van der Waals surface area contributed by atoms with Crippen LogP contribution in [0.2, 0.25) is 5.02 Å². The Hall–Kier alpha value is -1.74. The largest absolute Gasteiger partial charge is 0.490 e. The topological polar surface area (TPSA) is 34.1 Å². The number of benzene rings is 1. The second-order valence-corrected chi connectivity index (χ2v) is 3.92. The number of nitrogens with zero attached hydrogens (tertiary/aromatic N) is 1. The molecule has 0 saturated heterocycles. The molecule has 0 atom stereocenters. The lowest BCUT2D eigenvalue weighted by atomic mass is 10.3. The standard InChI is InChI=1S/C13H13ClN2O/c14-11-8-13(10-15-9-11)17-7-6-16-12-4-2-1-3-5-12/h1-5,8-10,16H,6-7H2. The highest BCUT2D eigenvalue weighted by molar-refractivity contribution is 6.30. The number of nitrogens with one attached hydrogen (secondary N) is 1. The summed E-state index contributed by atoms with van der Waals surface area (Å²) in [5, 5.41) is 3.83. The maximum absolute atomic E-state index is 5.80. The molecule has 2 rings (SSSR count). The number of rotatable bonds is 5. The predicted octanol–water partition coefficient (Wildman–Crippen LogP) is 3.23. The molecule has 0 spiro atoms. The molecule has 88 valence electrons. The van der Waals surface area contributed by atoms with Crippen molar-refractivity contribution >= 4 is 17.3 Å². The Labute approximate surface area is 105 Å². The van der Waals surface area contributed by atoms with Crippen LogP contribution in [0.5, 0.6) is 5.75 Å². The van der Waals surface area contributed by atoms with Gasteiger partial charge in [0.15, 0.2) is 0 Å². The highest BCUT2D eigenvalue weighted by Crippen LogP contribution is 2.14. The van der Waals surface area contributed by atoms with Gasteiger partial charge in [0.1, 0.15) is 12.4 Å². The van der Waals surface area contributed by atoms with Crippen LogP contribution in [-0.4, -0.2) is 18.1 Å². The van der Waals surface area contributed by atoms with Crippen LogP contribution in [0, 0.1) is 0 Å². The molecule has 1 heterocycles. The van der Waals surface area contributed by atoms with Crippen molar-refractivity contribution in [2.75, 3.05) is 18.5 Å². The molecule has 4 heteroatoms. The van der Waals surface area contributed by atoms with Crippen molar-refractivity contribution < 1.29 is 4.74 Å². The van der Waals surface area contributed by atoms with Crippen molar-refractivity contribution in [2.24, 2.45) is 0 Å². The fourth-order valence-electron chi connectivity index (χ4n) is 1.39. The average molecular weight is 249 g/mol. The first-order chi connectivity index (χ1) is 8.34. The Bertz CT molecular complexity index is 462. The molecule has 1 N–H and O–H groups in total. The van der Waals surface area contributed by atoms with Gasteiger partial charge < -0.3 is 10.1 Å². The Morgan fingerprint density at radius 2 is 2.00 bits per heavy atom. The van der Waals surface area contributed by atoms with Crippen molar-refractivity contribution in [1.82, 2.24) is 4.98 Å². The van der Waals surface area contributed by atoms with Crippen LogP contribution >= 0.6 is 11.6 Å². The number of hydrogen-bond acceptors (Lipinski definition) is 3. The van der Waals surface area contributed by atoms with E-state index >= 15 is 0 Å². The summed E-state index contributed by atoms with van der Waals surface area (Å²) in [5.74, 6) is 0.687. The molecule has 0 bridgehead atoms. The fraction of sp³-hybridized carbons (Fsp3) is 0.154. The molecule has 0 fully saturated rings. The second kappa shape index (κ2) is 6.11. The monoisotopic (exact) mass is 248 g/mol. The molecule has 17 heavy (non-hydrogen) atoms. The molecular formula is C13H13ClN2O. The molecular weight excluding hydrogens is 236 g/mol. The molecule has 1 aromatic carbocycles. The maximum Gasteiger partial charge on any atom is 0.139 e. The number of pyridine rings is 1. The highest BCUT2D eigenvalue weighted by atomic mass is 35.5. The average Bonchev–Trinajstić information content (AvgIpc) is 2.36.